The zero-order valence-electron chi connectivity index (χ0n) is 17.6. The summed E-state index contributed by atoms with van der Waals surface area (Å²) in [5, 5.41) is 0. The van der Waals surface area contributed by atoms with Gasteiger partial charge in [-0.05, 0) is 56.4 Å². The minimum atomic E-state index is -1.24. The van der Waals surface area contributed by atoms with Gasteiger partial charge in [0, 0.05) is 12.7 Å². The van der Waals surface area contributed by atoms with Gasteiger partial charge in [-0.3, -0.25) is 9.59 Å². The van der Waals surface area contributed by atoms with Crippen molar-refractivity contribution in [1.29, 1.82) is 0 Å². The molecule has 2 aromatic carbocycles. The number of amides is 2. The molecule has 2 aliphatic rings. The molecule has 0 saturated heterocycles. The highest BCUT2D eigenvalue weighted by Gasteiger charge is 2.50. The molecule has 158 valence electrons. The number of hydrogen-bond acceptors (Lipinski definition) is 5. The molecule has 0 aromatic heterocycles. The number of hydrogen-bond donors (Lipinski definition) is 0. The molecule has 1 unspecified atom stereocenters. The Kier molecular flexibility index (Phi) is 5.52. The van der Waals surface area contributed by atoms with E-state index in [0.29, 0.717) is 34.6 Å². The average molecular weight is 409 g/mol. The Labute approximate surface area is 176 Å². The summed E-state index contributed by atoms with van der Waals surface area (Å²) in [6.45, 7) is 1.90. The highest BCUT2D eigenvalue weighted by Crippen LogP contribution is 2.42. The molecule has 1 aliphatic heterocycles. The number of carbonyl (C=O) groups is 2. The molecular weight excluding hydrogens is 382 g/mol. The summed E-state index contributed by atoms with van der Waals surface area (Å²) in [6.07, 6.45) is 4.86. The summed E-state index contributed by atoms with van der Waals surface area (Å²) in [5.74, 6) is 0.518. The number of fused-ring (bicyclic) bond motifs is 1. The third-order valence-electron chi connectivity index (χ3n) is 6.18. The van der Waals surface area contributed by atoms with Gasteiger partial charge in [-0.15, -0.1) is 0 Å². The predicted molar refractivity (Wildman–Crippen MR) is 112 cm³/mol. The lowest BCUT2D eigenvalue weighted by atomic mass is 9.97. The van der Waals surface area contributed by atoms with E-state index in [1.165, 1.54) is 12.0 Å². The van der Waals surface area contributed by atoms with E-state index in [4.69, 9.17) is 14.2 Å². The zero-order chi connectivity index (χ0) is 21.3. The van der Waals surface area contributed by atoms with E-state index in [0.717, 1.165) is 25.7 Å². The van der Waals surface area contributed by atoms with Crippen LogP contribution < -0.4 is 9.47 Å². The lowest BCUT2D eigenvalue weighted by Gasteiger charge is -2.39. The number of rotatable bonds is 7. The second-order valence-corrected chi connectivity index (χ2v) is 7.72. The standard InChI is InChI=1S/C24H27NO5/c1-4-24(29-3,25-22(26)18-11-7-8-12-19(18)23(25)27)16-13-14-20(28-2)21(15-16)30-17-9-5-6-10-17/h7-8,11-15,17H,4-6,9-10H2,1-3H3. The van der Waals surface area contributed by atoms with E-state index in [9.17, 15) is 9.59 Å². The molecule has 6 heteroatoms. The van der Waals surface area contributed by atoms with Crippen molar-refractivity contribution in [2.45, 2.75) is 50.9 Å². The molecule has 2 amide bonds. The Morgan fingerprint density at radius 1 is 0.967 bits per heavy atom. The maximum atomic E-state index is 13.2. The maximum absolute atomic E-state index is 13.2. The van der Waals surface area contributed by atoms with Crippen LogP contribution in [0.25, 0.3) is 0 Å². The second-order valence-electron chi connectivity index (χ2n) is 7.72. The van der Waals surface area contributed by atoms with Crippen LogP contribution in [0, 0.1) is 0 Å². The first-order valence-electron chi connectivity index (χ1n) is 10.4. The molecule has 1 aliphatic carbocycles. The fourth-order valence-electron chi connectivity index (χ4n) is 4.56. The van der Waals surface area contributed by atoms with Crippen molar-refractivity contribution in [3.8, 4) is 11.5 Å². The van der Waals surface area contributed by atoms with E-state index in [2.05, 4.69) is 0 Å². The fourth-order valence-corrected chi connectivity index (χ4v) is 4.56. The lowest BCUT2D eigenvalue weighted by Crippen LogP contribution is -2.50. The minimum Gasteiger partial charge on any atom is -0.493 e. The molecular formula is C24H27NO5. The van der Waals surface area contributed by atoms with E-state index in [1.54, 1.807) is 37.4 Å². The van der Waals surface area contributed by atoms with Crippen molar-refractivity contribution < 1.29 is 23.8 Å². The van der Waals surface area contributed by atoms with Crippen molar-refractivity contribution in [3.63, 3.8) is 0 Å². The molecule has 0 bridgehead atoms. The van der Waals surface area contributed by atoms with Crippen LogP contribution >= 0.6 is 0 Å². The Morgan fingerprint density at radius 2 is 1.60 bits per heavy atom. The molecule has 30 heavy (non-hydrogen) atoms. The Balaban J connectivity index is 1.77. The number of carbonyl (C=O) groups excluding carboxylic acids is 2. The predicted octanol–water partition coefficient (Wildman–Crippen LogP) is 4.52. The Morgan fingerprint density at radius 3 is 2.13 bits per heavy atom. The fraction of sp³-hybridized carbons (Fsp3) is 0.417. The van der Waals surface area contributed by atoms with Crippen molar-refractivity contribution in [1.82, 2.24) is 4.90 Å². The second kappa shape index (κ2) is 8.11. The smallest absolute Gasteiger partial charge is 0.264 e. The monoisotopic (exact) mass is 409 g/mol. The van der Waals surface area contributed by atoms with Gasteiger partial charge in [0.2, 0.25) is 0 Å². The first-order valence-corrected chi connectivity index (χ1v) is 10.4. The SMILES string of the molecule is CCC(OC)(c1ccc(OC)c(OC2CCCC2)c1)N1C(=O)c2ccccc2C1=O. The number of ether oxygens (including phenoxy) is 3. The molecule has 0 radical (unpaired) electrons. The molecule has 1 heterocycles. The first-order chi connectivity index (χ1) is 14.6. The molecule has 0 N–H and O–H groups in total. The third kappa shape index (κ3) is 3.16. The number of imide groups is 1. The highest BCUT2D eigenvalue weighted by atomic mass is 16.5. The summed E-state index contributed by atoms with van der Waals surface area (Å²) in [5.41, 5.74) is 0.227. The van der Waals surface area contributed by atoms with Gasteiger partial charge in [0.15, 0.2) is 17.2 Å². The number of nitrogens with zero attached hydrogens (tertiary/aromatic N) is 1. The van der Waals surface area contributed by atoms with Gasteiger partial charge < -0.3 is 14.2 Å². The van der Waals surface area contributed by atoms with Gasteiger partial charge in [0.25, 0.3) is 11.8 Å². The quantitative estimate of drug-likeness (QED) is 0.629. The molecule has 2 aromatic rings. The summed E-state index contributed by atoms with van der Waals surface area (Å²) in [4.78, 5) is 27.6. The van der Waals surface area contributed by atoms with E-state index >= 15 is 0 Å². The van der Waals surface area contributed by atoms with Gasteiger partial charge in [-0.2, -0.15) is 0 Å². The van der Waals surface area contributed by atoms with Crippen molar-refractivity contribution in [3.05, 3.63) is 59.2 Å². The summed E-state index contributed by atoms with van der Waals surface area (Å²) in [7, 11) is 3.12. The molecule has 1 atom stereocenters. The van der Waals surface area contributed by atoms with Gasteiger partial charge >= 0.3 is 0 Å². The van der Waals surface area contributed by atoms with Crippen LogP contribution in [0.4, 0.5) is 0 Å². The topological polar surface area (TPSA) is 65.1 Å². The van der Waals surface area contributed by atoms with Crippen LogP contribution in [0.3, 0.4) is 0 Å². The van der Waals surface area contributed by atoms with Crippen LogP contribution in [0.2, 0.25) is 0 Å². The van der Waals surface area contributed by atoms with Crippen LogP contribution in [-0.2, 0) is 10.5 Å². The van der Waals surface area contributed by atoms with Crippen molar-refractivity contribution >= 4 is 11.8 Å². The largest absolute Gasteiger partial charge is 0.493 e. The van der Waals surface area contributed by atoms with Crippen molar-refractivity contribution in [2.75, 3.05) is 14.2 Å². The Hall–Kier alpha value is -2.86. The van der Waals surface area contributed by atoms with E-state index < -0.39 is 5.72 Å². The van der Waals surface area contributed by atoms with Gasteiger partial charge in [-0.25, -0.2) is 4.90 Å². The lowest BCUT2D eigenvalue weighted by molar-refractivity contribution is -0.107. The van der Waals surface area contributed by atoms with Crippen LogP contribution in [0.1, 0.15) is 65.3 Å². The van der Waals surface area contributed by atoms with E-state index in [1.807, 2.05) is 19.1 Å². The highest BCUT2D eigenvalue weighted by molar-refractivity contribution is 6.21. The van der Waals surface area contributed by atoms with Crippen molar-refractivity contribution in [2.24, 2.45) is 0 Å². The van der Waals surface area contributed by atoms with E-state index in [-0.39, 0.29) is 17.9 Å². The molecule has 1 saturated carbocycles. The minimum absolute atomic E-state index is 0.145. The van der Waals surface area contributed by atoms with Gasteiger partial charge in [-0.1, -0.05) is 25.1 Å². The van der Waals surface area contributed by atoms with Crippen LogP contribution in [-0.4, -0.2) is 37.0 Å². The molecule has 1 fully saturated rings. The molecule has 4 rings (SSSR count). The number of benzene rings is 2. The third-order valence-corrected chi connectivity index (χ3v) is 6.18. The van der Waals surface area contributed by atoms with Gasteiger partial charge in [0.1, 0.15) is 0 Å². The van der Waals surface area contributed by atoms with Gasteiger partial charge in [0.05, 0.1) is 24.3 Å². The Bertz CT molecular complexity index is 925. The molecule has 6 nitrogen and oxygen atoms in total. The normalized spacial score (nSPS) is 18.4. The zero-order valence-corrected chi connectivity index (χ0v) is 17.6. The summed E-state index contributed by atoms with van der Waals surface area (Å²) >= 11 is 0. The van der Waals surface area contributed by atoms with Crippen LogP contribution in [0.15, 0.2) is 42.5 Å². The molecule has 0 spiro atoms. The summed E-state index contributed by atoms with van der Waals surface area (Å²) < 4.78 is 17.6. The van der Waals surface area contributed by atoms with Crippen LogP contribution in [0.5, 0.6) is 11.5 Å². The number of methoxy groups -OCH3 is 2. The average Bonchev–Trinajstić information content (AvgIpc) is 3.38. The maximum Gasteiger partial charge on any atom is 0.264 e. The first kappa shape index (κ1) is 20.4. The summed E-state index contributed by atoms with van der Waals surface area (Å²) in [6, 6.07) is 12.3.